The molecule has 0 saturated carbocycles. The van der Waals surface area contributed by atoms with E-state index < -0.39 is 0 Å². The molecule has 2 rings (SSSR count). The van der Waals surface area contributed by atoms with Crippen molar-refractivity contribution in [1.29, 1.82) is 0 Å². The van der Waals surface area contributed by atoms with E-state index in [1.165, 1.54) is 11.1 Å². The second kappa shape index (κ2) is 4.25. The van der Waals surface area contributed by atoms with Gasteiger partial charge in [-0.2, -0.15) is 0 Å². The summed E-state index contributed by atoms with van der Waals surface area (Å²) in [5.41, 5.74) is 2.87. The third-order valence-electron chi connectivity index (χ3n) is 3.00. The van der Waals surface area contributed by atoms with Crippen LogP contribution in [-0.2, 0) is 0 Å². The Morgan fingerprint density at radius 3 is 2.31 bits per heavy atom. The highest BCUT2D eigenvalue weighted by Gasteiger charge is 2.19. The molecule has 1 atom stereocenters. The molecule has 1 nitrogen and oxygen atoms in total. The molecule has 1 heteroatoms. The lowest BCUT2D eigenvalue weighted by Gasteiger charge is -2.24. The summed E-state index contributed by atoms with van der Waals surface area (Å²) in [5, 5.41) is 0. The second-order valence-corrected chi connectivity index (χ2v) is 5.35. The van der Waals surface area contributed by atoms with Crippen molar-refractivity contribution in [2.75, 3.05) is 0 Å². The molecular weight excluding hydrogens is 194 g/mol. The molecule has 1 heterocycles. The van der Waals surface area contributed by atoms with Gasteiger partial charge >= 0.3 is 0 Å². The summed E-state index contributed by atoms with van der Waals surface area (Å²) in [7, 11) is 0. The van der Waals surface area contributed by atoms with Crippen LogP contribution >= 0.6 is 0 Å². The molecule has 1 unspecified atom stereocenters. The van der Waals surface area contributed by atoms with Gasteiger partial charge in [-0.25, -0.2) is 0 Å². The van der Waals surface area contributed by atoms with Crippen molar-refractivity contribution in [3.63, 3.8) is 0 Å². The monoisotopic (exact) mass is 213 g/mol. The average molecular weight is 213 g/mol. The first-order chi connectivity index (χ1) is 7.57. The minimum Gasteiger partial charge on any atom is -0.284 e. The van der Waals surface area contributed by atoms with Gasteiger partial charge in [0.05, 0.1) is 6.04 Å². The molecule has 0 amide bonds. The Balaban J connectivity index is 2.13. The third-order valence-corrected chi connectivity index (χ3v) is 3.00. The lowest BCUT2D eigenvalue weighted by atomic mass is 9.84. The van der Waals surface area contributed by atoms with Crippen LogP contribution in [0.4, 0.5) is 0 Å². The number of rotatable bonds is 1. The van der Waals surface area contributed by atoms with Crippen molar-refractivity contribution in [1.82, 2.24) is 0 Å². The quantitative estimate of drug-likeness (QED) is 0.663. The van der Waals surface area contributed by atoms with Gasteiger partial charge in [0, 0.05) is 6.21 Å². The number of allylic oxidation sites excluding steroid dienone is 1. The SMILES string of the molecule is CC(C)(C)C1=CCC(c2ccccc2)N=C1. The molecule has 0 N–H and O–H groups in total. The predicted octanol–water partition coefficient (Wildman–Crippen LogP) is 4.17. The van der Waals surface area contributed by atoms with E-state index in [4.69, 9.17) is 0 Å². The smallest absolute Gasteiger partial charge is 0.0783 e. The van der Waals surface area contributed by atoms with Crippen LogP contribution in [0.25, 0.3) is 0 Å². The van der Waals surface area contributed by atoms with Crippen LogP contribution in [0.5, 0.6) is 0 Å². The fourth-order valence-corrected chi connectivity index (χ4v) is 1.92. The largest absolute Gasteiger partial charge is 0.284 e. The van der Waals surface area contributed by atoms with Crippen molar-refractivity contribution in [2.45, 2.75) is 33.2 Å². The van der Waals surface area contributed by atoms with Crippen LogP contribution in [0.15, 0.2) is 47.0 Å². The van der Waals surface area contributed by atoms with Crippen molar-refractivity contribution in [2.24, 2.45) is 10.4 Å². The van der Waals surface area contributed by atoms with Gasteiger partial charge in [-0.15, -0.1) is 0 Å². The van der Waals surface area contributed by atoms with Crippen molar-refractivity contribution in [3.8, 4) is 0 Å². The van der Waals surface area contributed by atoms with Gasteiger partial charge in [-0.3, -0.25) is 4.99 Å². The maximum Gasteiger partial charge on any atom is 0.0783 e. The van der Waals surface area contributed by atoms with E-state index in [1.54, 1.807) is 0 Å². The molecule has 84 valence electrons. The molecule has 0 spiro atoms. The molecule has 0 fully saturated rings. The molecule has 0 bridgehead atoms. The van der Waals surface area contributed by atoms with E-state index in [0.29, 0.717) is 6.04 Å². The van der Waals surface area contributed by atoms with Crippen LogP contribution in [0, 0.1) is 5.41 Å². The lowest BCUT2D eigenvalue weighted by Crippen LogP contribution is -2.14. The van der Waals surface area contributed by atoms with E-state index in [9.17, 15) is 0 Å². The summed E-state index contributed by atoms with van der Waals surface area (Å²) < 4.78 is 0. The zero-order valence-corrected chi connectivity index (χ0v) is 10.3. The molecular formula is C15H19N. The fraction of sp³-hybridized carbons (Fsp3) is 0.400. The summed E-state index contributed by atoms with van der Waals surface area (Å²) in [4.78, 5) is 4.65. The van der Waals surface area contributed by atoms with E-state index in [1.807, 2.05) is 12.3 Å². The van der Waals surface area contributed by atoms with Gasteiger partial charge in [0.15, 0.2) is 0 Å². The molecule has 0 aromatic heterocycles. The summed E-state index contributed by atoms with van der Waals surface area (Å²) in [6, 6.07) is 10.8. The molecule has 1 aliphatic rings. The van der Waals surface area contributed by atoms with E-state index >= 15 is 0 Å². The minimum absolute atomic E-state index is 0.213. The van der Waals surface area contributed by atoms with E-state index in [2.05, 4.69) is 56.1 Å². The Morgan fingerprint density at radius 2 is 1.81 bits per heavy atom. The van der Waals surface area contributed by atoms with Gasteiger partial charge in [0.1, 0.15) is 0 Å². The molecule has 1 aliphatic heterocycles. The van der Waals surface area contributed by atoms with Crippen LogP contribution in [0.2, 0.25) is 0 Å². The number of benzene rings is 1. The Kier molecular flexibility index (Phi) is 2.95. The number of nitrogens with zero attached hydrogens (tertiary/aromatic N) is 1. The first-order valence-corrected chi connectivity index (χ1v) is 5.86. The molecule has 0 saturated heterocycles. The van der Waals surface area contributed by atoms with Crippen molar-refractivity contribution >= 4 is 6.21 Å². The maximum absolute atomic E-state index is 4.65. The molecule has 1 aromatic rings. The van der Waals surface area contributed by atoms with Gasteiger partial charge in [-0.05, 0) is 23.0 Å². The summed E-state index contributed by atoms with van der Waals surface area (Å²) >= 11 is 0. The molecule has 0 radical (unpaired) electrons. The van der Waals surface area contributed by atoms with Gasteiger partial charge in [0.25, 0.3) is 0 Å². The highest BCUT2D eigenvalue weighted by atomic mass is 14.8. The fourth-order valence-electron chi connectivity index (χ4n) is 1.92. The Hall–Kier alpha value is -1.37. The normalized spacial score (nSPS) is 20.7. The van der Waals surface area contributed by atoms with Crippen LogP contribution in [0.3, 0.4) is 0 Å². The molecule has 1 aromatic carbocycles. The van der Waals surface area contributed by atoms with Crippen LogP contribution in [-0.4, -0.2) is 6.21 Å². The number of hydrogen-bond donors (Lipinski definition) is 0. The minimum atomic E-state index is 0.213. The standard InChI is InChI=1S/C15H19N/c1-15(2,3)13-9-10-14(16-11-13)12-7-5-4-6-8-12/h4-9,11,14H,10H2,1-3H3. The first kappa shape index (κ1) is 11.1. The Labute approximate surface area is 97.9 Å². The predicted molar refractivity (Wildman–Crippen MR) is 69.8 cm³/mol. The average Bonchev–Trinajstić information content (AvgIpc) is 2.29. The van der Waals surface area contributed by atoms with E-state index in [-0.39, 0.29) is 5.41 Å². The third kappa shape index (κ3) is 2.41. The Bertz CT molecular complexity index is 407. The highest BCUT2D eigenvalue weighted by molar-refractivity contribution is 5.81. The Morgan fingerprint density at radius 1 is 1.12 bits per heavy atom. The second-order valence-electron chi connectivity index (χ2n) is 5.35. The zero-order chi connectivity index (χ0) is 11.6. The highest BCUT2D eigenvalue weighted by Crippen LogP contribution is 2.31. The summed E-state index contributed by atoms with van der Waals surface area (Å²) in [6.45, 7) is 6.69. The topological polar surface area (TPSA) is 12.4 Å². The maximum atomic E-state index is 4.65. The molecule has 0 aliphatic carbocycles. The number of hydrogen-bond acceptors (Lipinski definition) is 1. The van der Waals surface area contributed by atoms with Crippen molar-refractivity contribution < 1.29 is 0 Å². The number of dihydropyridines is 1. The van der Waals surface area contributed by atoms with Gasteiger partial charge < -0.3 is 0 Å². The van der Waals surface area contributed by atoms with Crippen LogP contribution in [0.1, 0.15) is 38.8 Å². The first-order valence-electron chi connectivity index (χ1n) is 5.86. The van der Waals surface area contributed by atoms with E-state index in [0.717, 1.165) is 6.42 Å². The summed E-state index contributed by atoms with van der Waals surface area (Å²) in [5.74, 6) is 0. The molecule has 16 heavy (non-hydrogen) atoms. The summed E-state index contributed by atoms with van der Waals surface area (Å²) in [6.07, 6.45) is 5.39. The van der Waals surface area contributed by atoms with Gasteiger partial charge in [0.2, 0.25) is 0 Å². The number of aliphatic imine (C=N–C) groups is 1. The lowest BCUT2D eigenvalue weighted by molar-refractivity contribution is 0.517. The van der Waals surface area contributed by atoms with Crippen LogP contribution < -0.4 is 0 Å². The van der Waals surface area contributed by atoms with Crippen molar-refractivity contribution in [3.05, 3.63) is 47.5 Å². The van der Waals surface area contributed by atoms with Gasteiger partial charge in [-0.1, -0.05) is 57.2 Å². The zero-order valence-electron chi connectivity index (χ0n) is 10.3.